The fraction of sp³-hybridized carbons (Fsp3) is 0.0667. The first-order chi connectivity index (χ1) is 9.28. The minimum atomic E-state index is 0.837. The van der Waals surface area contributed by atoms with Gasteiger partial charge in [-0.25, -0.2) is 0 Å². The van der Waals surface area contributed by atoms with E-state index in [1.54, 1.807) is 7.11 Å². The summed E-state index contributed by atoms with van der Waals surface area (Å²) in [7, 11) is 1.67. The molecule has 2 N–H and O–H groups in total. The van der Waals surface area contributed by atoms with Gasteiger partial charge < -0.3 is 15.0 Å². The first-order valence-corrected chi connectivity index (χ1v) is 6.74. The van der Waals surface area contributed by atoms with E-state index >= 15 is 0 Å². The first-order valence-electron chi connectivity index (χ1n) is 5.94. The number of aromatic nitrogens is 1. The van der Waals surface area contributed by atoms with Crippen LogP contribution in [0.15, 0.2) is 53.1 Å². The van der Waals surface area contributed by atoms with Crippen molar-refractivity contribution in [2.75, 3.05) is 12.4 Å². The Kier molecular flexibility index (Phi) is 3.17. The number of anilines is 2. The second kappa shape index (κ2) is 4.97. The number of halogens is 1. The summed E-state index contributed by atoms with van der Waals surface area (Å²) < 4.78 is 6.29. The minimum Gasteiger partial charge on any atom is -0.497 e. The number of nitrogens with one attached hydrogen (secondary N) is 2. The molecule has 0 saturated carbocycles. The lowest BCUT2D eigenvalue weighted by atomic mass is 10.2. The molecule has 0 aliphatic carbocycles. The molecule has 2 aromatic carbocycles. The van der Waals surface area contributed by atoms with Crippen molar-refractivity contribution in [2.45, 2.75) is 0 Å². The van der Waals surface area contributed by atoms with E-state index in [9.17, 15) is 0 Å². The summed E-state index contributed by atoms with van der Waals surface area (Å²) in [5.41, 5.74) is 3.13. The van der Waals surface area contributed by atoms with Crippen LogP contribution in [0, 0.1) is 0 Å². The number of H-pyrrole nitrogens is 1. The maximum Gasteiger partial charge on any atom is 0.120 e. The zero-order valence-electron chi connectivity index (χ0n) is 10.4. The lowest BCUT2D eigenvalue weighted by molar-refractivity contribution is 0.415. The van der Waals surface area contributed by atoms with E-state index in [1.807, 2.05) is 42.6 Å². The molecule has 3 aromatic rings. The van der Waals surface area contributed by atoms with Crippen LogP contribution in [-0.2, 0) is 0 Å². The Balaban J connectivity index is 2.01. The number of hydrogen-bond donors (Lipinski definition) is 2. The number of hydrogen-bond acceptors (Lipinski definition) is 2. The van der Waals surface area contributed by atoms with Crippen LogP contribution in [0.25, 0.3) is 10.9 Å². The van der Waals surface area contributed by atoms with Crippen molar-refractivity contribution in [2.24, 2.45) is 0 Å². The van der Waals surface area contributed by atoms with Gasteiger partial charge in [-0.1, -0.05) is 28.1 Å². The molecular formula is C15H13BrN2O. The Morgan fingerprint density at radius 1 is 1.16 bits per heavy atom. The fourth-order valence-electron chi connectivity index (χ4n) is 2.10. The highest BCUT2D eigenvalue weighted by Gasteiger charge is 2.07. The van der Waals surface area contributed by atoms with E-state index in [2.05, 4.69) is 32.3 Å². The van der Waals surface area contributed by atoms with Crippen molar-refractivity contribution in [1.82, 2.24) is 4.98 Å². The lowest BCUT2D eigenvalue weighted by Gasteiger charge is -2.07. The van der Waals surface area contributed by atoms with Crippen LogP contribution in [0.4, 0.5) is 11.4 Å². The van der Waals surface area contributed by atoms with Gasteiger partial charge in [0.1, 0.15) is 5.75 Å². The summed E-state index contributed by atoms with van der Waals surface area (Å²) in [6.45, 7) is 0. The smallest absolute Gasteiger partial charge is 0.120 e. The average molecular weight is 317 g/mol. The predicted molar refractivity (Wildman–Crippen MR) is 82.3 cm³/mol. The summed E-state index contributed by atoms with van der Waals surface area (Å²) in [5.74, 6) is 0.837. The molecular weight excluding hydrogens is 304 g/mol. The molecule has 1 heterocycles. The molecule has 0 unspecified atom stereocenters. The highest BCUT2D eigenvalue weighted by atomic mass is 79.9. The Bertz CT molecular complexity index is 721. The quantitative estimate of drug-likeness (QED) is 0.736. The third-order valence-electron chi connectivity index (χ3n) is 3.00. The van der Waals surface area contributed by atoms with E-state index in [1.165, 1.54) is 0 Å². The molecule has 0 bridgehead atoms. The normalized spacial score (nSPS) is 10.6. The van der Waals surface area contributed by atoms with Gasteiger partial charge in [0.05, 0.1) is 12.8 Å². The van der Waals surface area contributed by atoms with E-state index in [0.29, 0.717) is 0 Å². The number of fused-ring (bicyclic) bond motifs is 1. The van der Waals surface area contributed by atoms with Crippen LogP contribution in [0.2, 0.25) is 0 Å². The molecule has 19 heavy (non-hydrogen) atoms. The number of methoxy groups -OCH3 is 1. The molecule has 3 nitrogen and oxygen atoms in total. The second-order valence-corrected chi connectivity index (χ2v) is 5.08. The highest BCUT2D eigenvalue weighted by Crippen LogP contribution is 2.32. The number of ether oxygens (including phenoxy) is 1. The monoisotopic (exact) mass is 316 g/mol. The molecule has 0 fully saturated rings. The van der Waals surface area contributed by atoms with E-state index in [-0.39, 0.29) is 0 Å². The van der Waals surface area contributed by atoms with Gasteiger partial charge in [-0.05, 0) is 24.3 Å². The number of aromatic amines is 1. The van der Waals surface area contributed by atoms with Crippen LogP contribution in [0.3, 0.4) is 0 Å². The van der Waals surface area contributed by atoms with E-state index in [0.717, 1.165) is 32.5 Å². The summed E-state index contributed by atoms with van der Waals surface area (Å²) in [5, 5.41) is 4.55. The molecule has 4 heteroatoms. The molecule has 0 amide bonds. The summed E-state index contributed by atoms with van der Waals surface area (Å²) in [4.78, 5) is 3.25. The van der Waals surface area contributed by atoms with Crippen LogP contribution < -0.4 is 10.1 Å². The maximum atomic E-state index is 5.23. The predicted octanol–water partition coefficient (Wildman–Crippen LogP) is 4.68. The Labute approximate surface area is 119 Å². The molecule has 3 rings (SSSR count). The number of benzene rings is 2. The summed E-state index contributed by atoms with van der Waals surface area (Å²) in [6, 6.07) is 14.0. The van der Waals surface area contributed by atoms with Crippen molar-refractivity contribution >= 4 is 38.2 Å². The van der Waals surface area contributed by atoms with Gasteiger partial charge in [0.2, 0.25) is 0 Å². The third kappa shape index (κ3) is 2.31. The standard InChI is InChI=1S/C15H13BrN2O/c1-19-11-5-2-4-10(8-11)18-14-9-17-13-7-3-6-12(16)15(13)14/h2-9,17-18H,1H3. The second-order valence-electron chi connectivity index (χ2n) is 4.22. The summed E-state index contributed by atoms with van der Waals surface area (Å²) >= 11 is 3.58. The van der Waals surface area contributed by atoms with Gasteiger partial charge in [0.15, 0.2) is 0 Å². The highest BCUT2D eigenvalue weighted by molar-refractivity contribution is 9.10. The van der Waals surface area contributed by atoms with Crippen LogP contribution >= 0.6 is 15.9 Å². The minimum absolute atomic E-state index is 0.837. The van der Waals surface area contributed by atoms with E-state index in [4.69, 9.17) is 4.74 Å². The number of rotatable bonds is 3. The topological polar surface area (TPSA) is 37.0 Å². The van der Waals surface area contributed by atoms with Crippen molar-refractivity contribution in [3.8, 4) is 5.75 Å². The molecule has 0 aliphatic rings. The van der Waals surface area contributed by atoms with Crippen LogP contribution in [-0.4, -0.2) is 12.1 Å². The lowest BCUT2D eigenvalue weighted by Crippen LogP contribution is -1.90. The Morgan fingerprint density at radius 2 is 2.00 bits per heavy atom. The zero-order chi connectivity index (χ0) is 13.2. The SMILES string of the molecule is COc1cccc(Nc2c[nH]c3cccc(Br)c23)c1. The average Bonchev–Trinajstić information content (AvgIpc) is 2.84. The van der Waals surface area contributed by atoms with Crippen molar-refractivity contribution in [3.05, 3.63) is 53.1 Å². The fourth-order valence-corrected chi connectivity index (χ4v) is 2.67. The zero-order valence-corrected chi connectivity index (χ0v) is 12.0. The molecule has 96 valence electrons. The van der Waals surface area contributed by atoms with Crippen LogP contribution in [0.5, 0.6) is 5.75 Å². The van der Waals surface area contributed by atoms with Gasteiger partial charge >= 0.3 is 0 Å². The molecule has 0 radical (unpaired) electrons. The van der Waals surface area contributed by atoms with Gasteiger partial charge in [0, 0.05) is 33.3 Å². The Hall–Kier alpha value is -1.94. The van der Waals surface area contributed by atoms with Crippen molar-refractivity contribution in [3.63, 3.8) is 0 Å². The molecule has 0 saturated heterocycles. The molecule has 0 atom stereocenters. The third-order valence-corrected chi connectivity index (χ3v) is 3.66. The van der Waals surface area contributed by atoms with Gasteiger partial charge in [0.25, 0.3) is 0 Å². The van der Waals surface area contributed by atoms with Crippen molar-refractivity contribution in [1.29, 1.82) is 0 Å². The van der Waals surface area contributed by atoms with Crippen LogP contribution in [0.1, 0.15) is 0 Å². The van der Waals surface area contributed by atoms with E-state index < -0.39 is 0 Å². The first kappa shape index (κ1) is 12.1. The maximum absolute atomic E-state index is 5.23. The summed E-state index contributed by atoms with van der Waals surface area (Å²) in [6.07, 6.45) is 1.97. The largest absolute Gasteiger partial charge is 0.497 e. The Morgan fingerprint density at radius 3 is 2.84 bits per heavy atom. The molecule has 0 aliphatic heterocycles. The molecule has 1 aromatic heterocycles. The van der Waals surface area contributed by atoms with Gasteiger partial charge in [-0.3, -0.25) is 0 Å². The van der Waals surface area contributed by atoms with Gasteiger partial charge in [-0.15, -0.1) is 0 Å². The molecule has 0 spiro atoms. The van der Waals surface area contributed by atoms with Gasteiger partial charge in [-0.2, -0.15) is 0 Å². The van der Waals surface area contributed by atoms with Crippen molar-refractivity contribution < 1.29 is 4.74 Å².